The van der Waals surface area contributed by atoms with Gasteiger partial charge in [-0.25, -0.2) is 0 Å². The first kappa shape index (κ1) is 14.3. The lowest BCUT2D eigenvalue weighted by Gasteiger charge is -2.21. The summed E-state index contributed by atoms with van der Waals surface area (Å²) in [5, 5.41) is 0. The van der Waals surface area contributed by atoms with E-state index in [0.717, 1.165) is 0 Å². The second-order valence-corrected chi connectivity index (χ2v) is 3.11. The third kappa shape index (κ3) is 7.30. The summed E-state index contributed by atoms with van der Waals surface area (Å²) in [4.78, 5) is 13.4. The third-order valence-electron chi connectivity index (χ3n) is 1.98. The van der Waals surface area contributed by atoms with Crippen LogP contribution in [0.1, 0.15) is 13.3 Å². The van der Waals surface area contributed by atoms with Crippen molar-refractivity contribution in [1.82, 2.24) is 4.90 Å². The number of hydrogen-bond acceptors (Lipinski definition) is 4. The number of nitrogens with two attached hydrogens (primary N) is 1. The largest absolute Gasteiger partial charge is 0.383 e. The molecule has 0 aliphatic carbocycles. The average molecular weight is 218 g/mol. The first-order chi connectivity index (χ1) is 7.26. The molecule has 0 aromatic carbocycles. The molecule has 1 amide bonds. The SMILES string of the molecule is CCOCCC(=O)N(CCN)CCOC. The average Bonchev–Trinajstić information content (AvgIpc) is 2.24. The second-order valence-electron chi connectivity index (χ2n) is 3.11. The molecule has 0 unspecified atom stereocenters. The highest BCUT2D eigenvalue weighted by Crippen LogP contribution is 1.95. The van der Waals surface area contributed by atoms with E-state index in [0.29, 0.717) is 45.9 Å². The van der Waals surface area contributed by atoms with E-state index in [2.05, 4.69) is 0 Å². The molecule has 0 aliphatic heterocycles. The van der Waals surface area contributed by atoms with Crippen LogP contribution in [0.5, 0.6) is 0 Å². The smallest absolute Gasteiger partial charge is 0.225 e. The fraction of sp³-hybridized carbons (Fsp3) is 0.900. The molecule has 0 atom stereocenters. The summed E-state index contributed by atoms with van der Waals surface area (Å²) in [7, 11) is 1.62. The van der Waals surface area contributed by atoms with E-state index in [1.807, 2.05) is 6.92 Å². The Morgan fingerprint density at radius 1 is 1.33 bits per heavy atom. The second kappa shape index (κ2) is 9.89. The van der Waals surface area contributed by atoms with Crippen LogP contribution >= 0.6 is 0 Å². The Hall–Kier alpha value is -0.650. The van der Waals surface area contributed by atoms with Gasteiger partial charge in [0.2, 0.25) is 5.91 Å². The van der Waals surface area contributed by atoms with Gasteiger partial charge in [0, 0.05) is 33.4 Å². The van der Waals surface area contributed by atoms with Gasteiger partial charge < -0.3 is 20.1 Å². The Kier molecular flexibility index (Phi) is 9.46. The van der Waals surface area contributed by atoms with Crippen molar-refractivity contribution in [3.05, 3.63) is 0 Å². The molecule has 0 fully saturated rings. The summed E-state index contributed by atoms with van der Waals surface area (Å²) < 4.78 is 10.1. The van der Waals surface area contributed by atoms with Crippen LogP contribution in [0.4, 0.5) is 0 Å². The van der Waals surface area contributed by atoms with Gasteiger partial charge in [0.05, 0.1) is 19.6 Å². The Morgan fingerprint density at radius 2 is 2.07 bits per heavy atom. The molecule has 0 aromatic rings. The van der Waals surface area contributed by atoms with Crippen molar-refractivity contribution in [3.63, 3.8) is 0 Å². The minimum absolute atomic E-state index is 0.0750. The van der Waals surface area contributed by atoms with Crippen molar-refractivity contribution in [2.45, 2.75) is 13.3 Å². The maximum absolute atomic E-state index is 11.6. The zero-order chi connectivity index (χ0) is 11.5. The Labute approximate surface area is 91.5 Å². The number of carbonyl (C=O) groups excluding carboxylic acids is 1. The quantitative estimate of drug-likeness (QED) is 0.546. The predicted octanol–water partition coefficient (Wildman–Crippen LogP) is -0.153. The summed E-state index contributed by atoms with van der Waals surface area (Å²) in [5.74, 6) is 0.0750. The fourth-order valence-electron chi connectivity index (χ4n) is 1.18. The van der Waals surface area contributed by atoms with E-state index < -0.39 is 0 Å². The zero-order valence-electron chi connectivity index (χ0n) is 9.70. The number of ether oxygens (including phenoxy) is 2. The maximum atomic E-state index is 11.6. The van der Waals surface area contributed by atoms with E-state index >= 15 is 0 Å². The summed E-state index contributed by atoms with van der Waals surface area (Å²) >= 11 is 0. The molecule has 2 N–H and O–H groups in total. The van der Waals surface area contributed by atoms with Crippen LogP contribution in [0.15, 0.2) is 0 Å². The van der Waals surface area contributed by atoms with E-state index in [4.69, 9.17) is 15.2 Å². The molecule has 0 aliphatic rings. The van der Waals surface area contributed by atoms with Gasteiger partial charge in [-0.2, -0.15) is 0 Å². The van der Waals surface area contributed by atoms with Crippen LogP contribution < -0.4 is 5.73 Å². The highest BCUT2D eigenvalue weighted by Gasteiger charge is 2.11. The monoisotopic (exact) mass is 218 g/mol. The van der Waals surface area contributed by atoms with Crippen molar-refractivity contribution in [2.24, 2.45) is 5.73 Å². The number of amides is 1. The van der Waals surface area contributed by atoms with Crippen LogP contribution in [0.3, 0.4) is 0 Å². The van der Waals surface area contributed by atoms with Crippen molar-refractivity contribution >= 4 is 5.91 Å². The molecule has 0 spiro atoms. The van der Waals surface area contributed by atoms with Gasteiger partial charge in [-0.05, 0) is 6.92 Å². The van der Waals surface area contributed by atoms with E-state index in [9.17, 15) is 4.79 Å². The molecule has 0 saturated heterocycles. The predicted molar refractivity (Wildman–Crippen MR) is 58.6 cm³/mol. The minimum Gasteiger partial charge on any atom is -0.383 e. The highest BCUT2D eigenvalue weighted by molar-refractivity contribution is 5.76. The Balaban J connectivity index is 3.81. The number of carbonyl (C=O) groups is 1. The molecule has 5 nitrogen and oxygen atoms in total. The lowest BCUT2D eigenvalue weighted by Crippen LogP contribution is -2.38. The van der Waals surface area contributed by atoms with Crippen molar-refractivity contribution in [2.75, 3.05) is 46.6 Å². The van der Waals surface area contributed by atoms with Gasteiger partial charge in [-0.3, -0.25) is 4.79 Å². The first-order valence-electron chi connectivity index (χ1n) is 5.30. The molecule has 0 aromatic heterocycles. The topological polar surface area (TPSA) is 64.8 Å². The van der Waals surface area contributed by atoms with Crippen LogP contribution in [0, 0.1) is 0 Å². The fourth-order valence-corrected chi connectivity index (χ4v) is 1.18. The molecule has 90 valence electrons. The molecule has 15 heavy (non-hydrogen) atoms. The summed E-state index contributed by atoms with van der Waals surface area (Å²) in [6.07, 6.45) is 0.414. The normalized spacial score (nSPS) is 10.3. The number of methoxy groups -OCH3 is 1. The zero-order valence-corrected chi connectivity index (χ0v) is 9.70. The molecule has 0 saturated carbocycles. The lowest BCUT2D eigenvalue weighted by molar-refractivity contribution is -0.132. The molecule has 0 heterocycles. The van der Waals surface area contributed by atoms with Crippen molar-refractivity contribution in [3.8, 4) is 0 Å². The molecule has 0 bridgehead atoms. The number of rotatable bonds is 9. The maximum Gasteiger partial charge on any atom is 0.225 e. The molecule has 5 heteroatoms. The van der Waals surface area contributed by atoms with Gasteiger partial charge in [-0.1, -0.05) is 0 Å². The van der Waals surface area contributed by atoms with Crippen LogP contribution in [-0.2, 0) is 14.3 Å². The number of hydrogen-bond donors (Lipinski definition) is 1. The van der Waals surface area contributed by atoms with Gasteiger partial charge in [-0.15, -0.1) is 0 Å². The van der Waals surface area contributed by atoms with Crippen molar-refractivity contribution < 1.29 is 14.3 Å². The van der Waals surface area contributed by atoms with Crippen molar-refractivity contribution in [1.29, 1.82) is 0 Å². The van der Waals surface area contributed by atoms with Crippen LogP contribution in [-0.4, -0.2) is 57.4 Å². The van der Waals surface area contributed by atoms with Gasteiger partial charge in [0.15, 0.2) is 0 Å². The van der Waals surface area contributed by atoms with Crippen LogP contribution in [0.25, 0.3) is 0 Å². The summed E-state index contributed by atoms with van der Waals surface area (Å²) in [6, 6.07) is 0. The molecule has 0 radical (unpaired) electrons. The van der Waals surface area contributed by atoms with Gasteiger partial charge in [0.25, 0.3) is 0 Å². The third-order valence-corrected chi connectivity index (χ3v) is 1.98. The van der Waals surface area contributed by atoms with Gasteiger partial charge >= 0.3 is 0 Å². The minimum atomic E-state index is 0.0750. The van der Waals surface area contributed by atoms with Gasteiger partial charge in [0.1, 0.15) is 0 Å². The highest BCUT2D eigenvalue weighted by atomic mass is 16.5. The number of nitrogens with zero attached hydrogens (tertiary/aromatic N) is 1. The molecule has 0 rings (SSSR count). The molecular weight excluding hydrogens is 196 g/mol. The first-order valence-corrected chi connectivity index (χ1v) is 5.30. The van der Waals surface area contributed by atoms with E-state index in [1.54, 1.807) is 12.0 Å². The van der Waals surface area contributed by atoms with E-state index in [-0.39, 0.29) is 5.91 Å². The molecular formula is C10H22N2O3. The standard InChI is InChI=1S/C10H22N2O3/c1-3-15-8-4-10(13)12(6-5-11)7-9-14-2/h3-9,11H2,1-2H3. The summed E-state index contributed by atoms with van der Waals surface area (Å²) in [6.45, 7) is 5.22. The Bertz CT molecular complexity index is 165. The Morgan fingerprint density at radius 3 is 2.60 bits per heavy atom. The lowest BCUT2D eigenvalue weighted by atomic mass is 10.3. The summed E-state index contributed by atoms with van der Waals surface area (Å²) in [5.41, 5.74) is 5.43. The van der Waals surface area contributed by atoms with E-state index in [1.165, 1.54) is 0 Å². The van der Waals surface area contributed by atoms with Crippen LogP contribution in [0.2, 0.25) is 0 Å².